The van der Waals surface area contributed by atoms with Gasteiger partial charge in [-0.15, -0.1) is 11.3 Å². The molecule has 3 aromatic rings. The van der Waals surface area contributed by atoms with E-state index in [2.05, 4.69) is 9.97 Å². The Balaban J connectivity index is 1.89. The van der Waals surface area contributed by atoms with Crippen LogP contribution in [0.25, 0.3) is 4.96 Å². The van der Waals surface area contributed by atoms with Crippen molar-refractivity contribution in [3.05, 3.63) is 56.2 Å². The molecule has 0 aliphatic rings. The molecule has 3 aromatic heterocycles. The lowest BCUT2D eigenvalue weighted by molar-refractivity contribution is 0.0781. The first-order valence-electron chi connectivity index (χ1n) is 6.52. The molecule has 114 valence electrons. The largest absolute Gasteiger partial charge is 0.336 e. The van der Waals surface area contributed by atoms with Crippen molar-refractivity contribution in [1.29, 1.82) is 0 Å². The van der Waals surface area contributed by atoms with Crippen molar-refractivity contribution in [3.8, 4) is 0 Å². The Kier molecular flexibility index (Phi) is 3.76. The molecule has 1 amide bonds. The van der Waals surface area contributed by atoms with Gasteiger partial charge in [-0.2, -0.15) is 0 Å². The maximum absolute atomic E-state index is 12.4. The third-order valence-corrected chi connectivity index (χ3v) is 4.39. The summed E-state index contributed by atoms with van der Waals surface area (Å²) in [6.07, 6.45) is 1.85. The summed E-state index contributed by atoms with van der Waals surface area (Å²) in [7, 11) is 1.63. The van der Waals surface area contributed by atoms with Crippen LogP contribution in [0.3, 0.4) is 0 Å². The number of aromatic amines is 1. The summed E-state index contributed by atoms with van der Waals surface area (Å²) in [5.41, 5.74) is 1.15. The Bertz CT molecular complexity index is 911. The molecule has 0 saturated heterocycles. The standard InChI is InChI=1S/C14H13ClN4O2S/c1-8-3-4-9(12(20)16-8)13(21)18(2)7-10-11(15)17-14-19(10)5-6-22-14/h3-6H,7H2,1-2H3,(H,16,20). The zero-order chi connectivity index (χ0) is 15.9. The van der Waals surface area contributed by atoms with Crippen LogP contribution in [0, 0.1) is 6.92 Å². The quantitative estimate of drug-likeness (QED) is 0.798. The number of halogens is 1. The van der Waals surface area contributed by atoms with E-state index >= 15 is 0 Å². The van der Waals surface area contributed by atoms with Gasteiger partial charge in [-0.3, -0.25) is 14.0 Å². The number of carbonyl (C=O) groups excluding carboxylic acids is 1. The number of imidazole rings is 1. The van der Waals surface area contributed by atoms with Crippen molar-refractivity contribution < 1.29 is 4.79 Å². The Morgan fingerprint density at radius 1 is 1.50 bits per heavy atom. The number of fused-ring (bicyclic) bond motifs is 1. The van der Waals surface area contributed by atoms with Gasteiger partial charge >= 0.3 is 0 Å². The normalized spacial score (nSPS) is 11.0. The molecule has 22 heavy (non-hydrogen) atoms. The fourth-order valence-electron chi connectivity index (χ4n) is 2.19. The number of hydrogen-bond donors (Lipinski definition) is 1. The van der Waals surface area contributed by atoms with Crippen LogP contribution in [-0.4, -0.2) is 32.2 Å². The number of nitrogens with zero attached hydrogens (tertiary/aromatic N) is 3. The second-order valence-corrected chi connectivity index (χ2v) is 6.18. The van der Waals surface area contributed by atoms with Gasteiger partial charge in [-0.1, -0.05) is 11.6 Å². The minimum absolute atomic E-state index is 0.107. The summed E-state index contributed by atoms with van der Waals surface area (Å²) in [6, 6.07) is 3.23. The molecule has 0 unspecified atom stereocenters. The molecular formula is C14H13ClN4O2S. The van der Waals surface area contributed by atoms with Crippen LogP contribution in [0.1, 0.15) is 21.7 Å². The van der Waals surface area contributed by atoms with Crippen LogP contribution < -0.4 is 5.56 Å². The molecule has 0 bridgehead atoms. The van der Waals surface area contributed by atoms with Crippen LogP contribution >= 0.6 is 22.9 Å². The fourth-order valence-corrected chi connectivity index (χ4v) is 3.20. The van der Waals surface area contributed by atoms with Crippen molar-refractivity contribution in [2.24, 2.45) is 0 Å². The Labute approximate surface area is 135 Å². The van der Waals surface area contributed by atoms with Crippen molar-refractivity contribution in [3.63, 3.8) is 0 Å². The van der Waals surface area contributed by atoms with E-state index in [0.717, 1.165) is 10.7 Å². The number of hydrogen-bond acceptors (Lipinski definition) is 4. The van der Waals surface area contributed by atoms with E-state index in [0.29, 0.717) is 10.8 Å². The van der Waals surface area contributed by atoms with E-state index in [4.69, 9.17) is 11.6 Å². The molecule has 0 atom stereocenters. The van der Waals surface area contributed by atoms with Gasteiger partial charge in [0.2, 0.25) is 0 Å². The smallest absolute Gasteiger partial charge is 0.260 e. The number of pyridine rings is 1. The van der Waals surface area contributed by atoms with E-state index in [1.807, 2.05) is 16.0 Å². The molecule has 0 aliphatic carbocycles. The van der Waals surface area contributed by atoms with Gasteiger partial charge in [-0.25, -0.2) is 4.98 Å². The average Bonchev–Trinajstić information content (AvgIpc) is 3.01. The van der Waals surface area contributed by atoms with Gasteiger partial charge < -0.3 is 9.88 Å². The number of amides is 1. The molecular weight excluding hydrogens is 324 g/mol. The highest BCUT2D eigenvalue weighted by Gasteiger charge is 2.19. The second kappa shape index (κ2) is 5.58. The Morgan fingerprint density at radius 2 is 2.27 bits per heavy atom. The molecule has 3 heterocycles. The summed E-state index contributed by atoms with van der Waals surface area (Å²) < 4.78 is 1.84. The molecule has 1 N–H and O–H groups in total. The number of nitrogens with one attached hydrogen (secondary N) is 1. The lowest BCUT2D eigenvalue weighted by Crippen LogP contribution is -2.31. The van der Waals surface area contributed by atoms with Crippen molar-refractivity contribution >= 4 is 33.8 Å². The van der Waals surface area contributed by atoms with Crippen molar-refractivity contribution in [2.75, 3.05) is 7.05 Å². The predicted molar refractivity (Wildman–Crippen MR) is 85.7 cm³/mol. The summed E-state index contributed by atoms with van der Waals surface area (Å²) >= 11 is 7.59. The lowest BCUT2D eigenvalue weighted by atomic mass is 10.2. The third kappa shape index (κ3) is 2.53. The SMILES string of the molecule is Cc1ccc(C(=O)N(C)Cc2c(Cl)nc3sccn23)c(=O)[nH]1. The van der Waals surface area contributed by atoms with Gasteiger partial charge in [0.05, 0.1) is 12.2 Å². The first kappa shape index (κ1) is 14.8. The average molecular weight is 337 g/mol. The number of aromatic nitrogens is 3. The highest BCUT2D eigenvalue weighted by molar-refractivity contribution is 7.15. The maximum Gasteiger partial charge on any atom is 0.260 e. The summed E-state index contributed by atoms with van der Waals surface area (Å²) in [6.45, 7) is 2.03. The maximum atomic E-state index is 12.4. The summed E-state index contributed by atoms with van der Waals surface area (Å²) in [4.78, 5) is 33.4. The number of rotatable bonds is 3. The van der Waals surface area contributed by atoms with Gasteiger partial charge in [0.15, 0.2) is 10.1 Å². The first-order valence-corrected chi connectivity index (χ1v) is 7.78. The number of H-pyrrole nitrogens is 1. The van der Waals surface area contributed by atoms with E-state index in [9.17, 15) is 9.59 Å². The molecule has 0 aliphatic heterocycles. The molecule has 0 spiro atoms. The number of thiazole rings is 1. The van der Waals surface area contributed by atoms with Gasteiger partial charge in [0, 0.05) is 24.3 Å². The predicted octanol–water partition coefficient (Wildman–Crippen LogP) is 2.32. The Hall–Kier alpha value is -2.12. The van der Waals surface area contributed by atoms with Crippen LogP contribution in [0.2, 0.25) is 5.15 Å². The van der Waals surface area contributed by atoms with E-state index in [1.165, 1.54) is 22.3 Å². The minimum atomic E-state index is -0.392. The first-order chi connectivity index (χ1) is 10.5. The van der Waals surface area contributed by atoms with E-state index in [1.54, 1.807) is 20.0 Å². The van der Waals surface area contributed by atoms with Gasteiger partial charge in [0.25, 0.3) is 11.5 Å². The van der Waals surface area contributed by atoms with E-state index < -0.39 is 5.56 Å². The van der Waals surface area contributed by atoms with Gasteiger partial charge in [-0.05, 0) is 19.1 Å². The van der Waals surface area contributed by atoms with Crippen LogP contribution in [0.5, 0.6) is 0 Å². The highest BCUT2D eigenvalue weighted by atomic mass is 35.5. The molecule has 0 radical (unpaired) electrons. The van der Waals surface area contributed by atoms with Crippen molar-refractivity contribution in [2.45, 2.75) is 13.5 Å². The van der Waals surface area contributed by atoms with Crippen LogP contribution in [-0.2, 0) is 6.54 Å². The Morgan fingerprint density at radius 3 is 3.00 bits per heavy atom. The molecule has 0 aromatic carbocycles. The zero-order valence-corrected chi connectivity index (χ0v) is 13.5. The molecule has 8 heteroatoms. The zero-order valence-electron chi connectivity index (χ0n) is 12.0. The summed E-state index contributed by atoms with van der Waals surface area (Å²) in [5, 5.41) is 2.26. The second-order valence-electron chi connectivity index (χ2n) is 4.95. The lowest BCUT2D eigenvalue weighted by Gasteiger charge is -2.16. The fraction of sp³-hybridized carbons (Fsp3) is 0.214. The monoisotopic (exact) mass is 336 g/mol. The minimum Gasteiger partial charge on any atom is -0.336 e. The van der Waals surface area contributed by atoms with Crippen LogP contribution in [0.15, 0.2) is 28.5 Å². The third-order valence-electron chi connectivity index (χ3n) is 3.33. The molecule has 0 saturated carbocycles. The number of aryl methyl sites for hydroxylation is 1. The topological polar surface area (TPSA) is 70.5 Å². The van der Waals surface area contributed by atoms with Crippen LogP contribution in [0.4, 0.5) is 0 Å². The summed E-state index contributed by atoms with van der Waals surface area (Å²) in [5.74, 6) is -0.359. The highest BCUT2D eigenvalue weighted by Crippen LogP contribution is 2.22. The number of carbonyl (C=O) groups is 1. The molecule has 0 fully saturated rings. The van der Waals surface area contributed by atoms with Crippen molar-refractivity contribution in [1.82, 2.24) is 19.3 Å². The van der Waals surface area contributed by atoms with Gasteiger partial charge in [0.1, 0.15) is 5.56 Å². The molecule has 3 rings (SSSR count). The molecule has 6 nitrogen and oxygen atoms in total. The van der Waals surface area contributed by atoms with E-state index in [-0.39, 0.29) is 18.0 Å².